The number of hydrogen-bond acceptors (Lipinski definition) is 3. The number of ether oxygens (including phenoxy) is 1. The van der Waals surface area contributed by atoms with Crippen molar-refractivity contribution in [2.45, 2.75) is 31.7 Å². The third-order valence-electron chi connectivity index (χ3n) is 3.79. The minimum atomic E-state index is 0.564. The van der Waals surface area contributed by atoms with E-state index in [4.69, 9.17) is 16.3 Å². The molecule has 0 saturated heterocycles. The third kappa shape index (κ3) is 2.61. The first-order chi connectivity index (χ1) is 9.78. The highest BCUT2D eigenvalue weighted by Crippen LogP contribution is 2.33. The molecule has 1 saturated carbocycles. The summed E-state index contributed by atoms with van der Waals surface area (Å²) in [6.07, 6.45) is 8.95. The zero-order chi connectivity index (χ0) is 13.9. The first kappa shape index (κ1) is 13.3. The van der Waals surface area contributed by atoms with E-state index in [1.807, 2.05) is 30.6 Å². The lowest BCUT2D eigenvalue weighted by molar-refractivity contribution is 0.415. The Morgan fingerprint density at radius 2 is 2.15 bits per heavy atom. The van der Waals surface area contributed by atoms with E-state index in [1.165, 1.54) is 25.7 Å². The highest BCUT2D eigenvalue weighted by Gasteiger charge is 2.19. The minimum absolute atomic E-state index is 0.564. The summed E-state index contributed by atoms with van der Waals surface area (Å²) in [6.45, 7) is 0. The summed E-state index contributed by atoms with van der Waals surface area (Å²) in [7, 11) is 1.61. The van der Waals surface area contributed by atoms with Gasteiger partial charge in [0.25, 0.3) is 0 Å². The predicted molar refractivity (Wildman–Crippen MR) is 81.0 cm³/mol. The van der Waals surface area contributed by atoms with E-state index in [0.717, 1.165) is 11.6 Å². The molecule has 1 N–H and O–H groups in total. The fourth-order valence-corrected chi connectivity index (χ4v) is 3.02. The number of nitrogens with zero attached hydrogens (tertiary/aromatic N) is 2. The number of halogens is 1. The van der Waals surface area contributed by atoms with Crippen LogP contribution in [0.25, 0.3) is 0 Å². The van der Waals surface area contributed by atoms with E-state index in [9.17, 15) is 0 Å². The van der Waals surface area contributed by atoms with Gasteiger partial charge in [0.15, 0.2) is 0 Å². The van der Waals surface area contributed by atoms with Crippen molar-refractivity contribution in [3.8, 4) is 5.75 Å². The van der Waals surface area contributed by atoms with E-state index in [2.05, 4.69) is 14.9 Å². The van der Waals surface area contributed by atoms with Crippen LogP contribution >= 0.6 is 11.6 Å². The van der Waals surface area contributed by atoms with Crippen LogP contribution in [0.1, 0.15) is 31.7 Å². The Hall–Kier alpha value is -1.68. The van der Waals surface area contributed by atoms with Gasteiger partial charge in [-0.1, -0.05) is 24.4 Å². The third-order valence-corrected chi connectivity index (χ3v) is 4.09. The van der Waals surface area contributed by atoms with Crippen LogP contribution in [0.3, 0.4) is 0 Å². The van der Waals surface area contributed by atoms with E-state index in [1.54, 1.807) is 7.11 Å². The Kier molecular flexibility index (Phi) is 3.83. The molecule has 1 aliphatic carbocycles. The van der Waals surface area contributed by atoms with E-state index in [-0.39, 0.29) is 0 Å². The lowest BCUT2D eigenvalue weighted by atomic mass is 10.2. The first-order valence-electron chi connectivity index (χ1n) is 6.91. The molecule has 0 amide bonds. The molecule has 0 radical (unpaired) electrons. The highest BCUT2D eigenvalue weighted by molar-refractivity contribution is 6.32. The predicted octanol–water partition coefficient (Wildman–Crippen LogP) is 4.40. The molecule has 0 aliphatic heterocycles. The van der Waals surface area contributed by atoms with Gasteiger partial charge < -0.3 is 14.6 Å². The maximum absolute atomic E-state index is 6.14. The molecule has 4 nitrogen and oxygen atoms in total. The van der Waals surface area contributed by atoms with E-state index < -0.39 is 0 Å². The molecule has 2 aromatic rings. The van der Waals surface area contributed by atoms with Crippen LogP contribution in [0, 0.1) is 0 Å². The minimum Gasteiger partial charge on any atom is -0.495 e. The van der Waals surface area contributed by atoms with Crippen molar-refractivity contribution in [1.29, 1.82) is 0 Å². The summed E-state index contributed by atoms with van der Waals surface area (Å²) >= 11 is 6.14. The smallest absolute Gasteiger partial charge is 0.207 e. The van der Waals surface area contributed by atoms with Crippen molar-refractivity contribution in [1.82, 2.24) is 9.55 Å². The van der Waals surface area contributed by atoms with Gasteiger partial charge in [0.05, 0.1) is 12.1 Å². The molecule has 1 aromatic heterocycles. The molecular formula is C15H18ClN3O. The Morgan fingerprint density at radius 3 is 2.85 bits per heavy atom. The molecule has 106 valence electrons. The summed E-state index contributed by atoms with van der Waals surface area (Å²) in [5.41, 5.74) is 0.918. The van der Waals surface area contributed by atoms with E-state index >= 15 is 0 Å². The number of benzene rings is 1. The second kappa shape index (κ2) is 5.75. The number of anilines is 2. The standard InChI is InChI=1S/C15H18ClN3O/c1-20-14-7-6-11(10-13(14)16)18-15-17-8-9-19(15)12-4-2-3-5-12/h6-10,12H,2-5H2,1H3,(H,17,18). The quantitative estimate of drug-likeness (QED) is 0.907. The average molecular weight is 292 g/mol. The molecule has 1 aromatic carbocycles. The Labute approximate surface area is 123 Å². The molecule has 0 unspecified atom stereocenters. The van der Waals surface area contributed by atoms with Gasteiger partial charge in [-0.15, -0.1) is 0 Å². The molecule has 0 bridgehead atoms. The van der Waals surface area contributed by atoms with Crippen LogP contribution in [-0.4, -0.2) is 16.7 Å². The molecular weight excluding hydrogens is 274 g/mol. The van der Waals surface area contributed by atoms with Crippen molar-refractivity contribution >= 4 is 23.2 Å². The molecule has 0 spiro atoms. The van der Waals surface area contributed by atoms with Crippen LogP contribution < -0.4 is 10.1 Å². The normalized spacial score (nSPS) is 15.5. The van der Waals surface area contributed by atoms with Gasteiger partial charge in [-0.25, -0.2) is 4.98 Å². The zero-order valence-corrected chi connectivity index (χ0v) is 12.2. The summed E-state index contributed by atoms with van der Waals surface area (Å²) in [5.74, 6) is 1.55. The summed E-state index contributed by atoms with van der Waals surface area (Å²) in [5, 5.41) is 3.93. The van der Waals surface area contributed by atoms with Gasteiger partial charge in [-0.05, 0) is 31.0 Å². The Balaban J connectivity index is 1.81. The fourth-order valence-electron chi connectivity index (χ4n) is 2.76. The van der Waals surface area contributed by atoms with Crippen molar-refractivity contribution in [2.24, 2.45) is 0 Å². The summed E-state index contributed by atoms with van der Waals surface area (Å²) in [4.78, 5) is 4.41. The maximum atomic E-state index is 6.14. The summed E-state index contributed by atoms with van der Waals surface area (Å²) in [6, 6.07) is 6.22. The lowest BCUT2D eigenvalue weighted by Crippen LogP contribution is -2.07. The lowest BCUT2D eigenvalue weighted by Gasteiger charge is -2.16. The number of rotatable bonds is 4. The van der Waals surface area contributed by atoms with E-state index in [0.29, 0.717) is 16.8 Å². The summed E-state index contributed by atoms with van der Waals surface area (Å²) < 4.78 is 7.39. The molecule has 1 fully saturated rings. The van der Waals surface area contributed by atoms with Crippen LogP contribution in [-0.2, 0) is 0 Å². The van der Waals surface area contributed by atoms with Crippen LogP contribution in [0.2, 0.25) is 5.02 Å². The fraction of sp³-hybridized carbons (Fsp3) is 0.400. The second-order valence-corrected chi connectivity index (χ2v) is 5.48. The van der Waals surface area contributed by atoms with Gasteiger partial charge in [0.1, 0.15) is 5.75 Å². The van der Waals surface area contributed by atoms with Crippen LogP contribution in [0.4, 0.5) is 11.6 Å². The molecule has 1 heterocycles. The van der Waals surface area contributed by atoms with Gasteiger partial charge in [0.2, 0.25) is 5.95 Å². The number of methoxy groups -OCH3 is 1. The second-order valence-electron chi connectivity index (χ2n) is 5.07. The van der Waals surface area contributed by atoms with Gasteiger partial charge in [-0.3, -0.25) is 0 Å². The monoisotopic (exact) mass is 291 g/mol. The van der Waals surface area contributed by atoms with Gasteiger partial charge in [0, 0.05) is 24.1 Å². The molecule has 3 rings (SSSR count). The molecule has 20 heavy (non-hydrogen) atoms. The average Bonchev–Trinajstić information content (AvgIpc) is 3.09. The van der Waals surface area contributed by atoms with Gasteiger partial charge in [-0.2, -0.15) is 0 Å². The first-order valence-corrected chi connectivity index (χ1v) is 7.29. The van der Waals surface area contributed by atoms with Gasteiger partial charge >= 0.3 is 0 Å². The Bertz CT molecular complexity index is 591. The number of imidazole rings is 1. The molecule has 0 atom stereocenters. The largest absolute Gasteiger partial charge is 0.495 e. The van der Waals surface area contributed by atoms with Crippen molar-refractivity contribution in [3.63, 3.8) is 0 Å². The molecule has 1 aliphatic rings. The SMILES string of the molecule is COc1ccc(Nc2nccn2C2CCCC2)cc1Cl. The van der Waals surface area contributed by atoms with Crippen molar-refractivity contribution in [2.75, 3.05) is 12.4 Å². The van der Waals surface area contributed by atoms with Crippen LogP contribution in [0.15, 0.2) is 30.6 Å². The van der Waals surface area contributed by atoms with Crippen molar-refractivity contribution < 1.29 is 4.74 Å². The number of nitrogens with one attached hydrogen (secondary N) is 1. The Morgan fingerprint density at radius 1 is 1.35 bits per heavy atom. The van der Waals surface area contributed by atoms with Crippen LogP contribution in [0.5, 0.6) is 5.75 Å². The number of hydrogen-bond donors (Lipinski definition) is 1. The topological polar surface area (TPSA) is 39.1 Å². The zero-order valence-electron chi connectivity index (χ0n) is 11.5. The number of aromatic nitrogens is 2. The van der Waals surface area contributed by atoms with Crippen molar-refractivity contribution in [3.05, 3.63) is 35.6 Å². The maximum Gasteiger partial charge on any atom is 0.207 e. The molecule has 5 heteroatoms. The highest BCUT2D eigenvalue weighted by atomic mass is 35.5.